The van der Waals surface area contributed by atoms with Gasteiger partial charge in [-0.2, -0.15) is 0 Å². The normalized spacial score (nSPS) is 10.7. The SMILES string of the molecule is O=C(Cn1cnc2ccccc2c1=O)OCc1ccc(-c2ccccc2)cc1. The summed E-state index contributed by atoms with van der Waals surface area (Å²) in [5.74, 6) is -0.480. The predicted octanol–water partition coefficient (Wildman–Crippen LogP) is 3.81. The van der Waals surface area contributed by atoms with Gasteiger partial charge in [-0.05, 0) is 28.8 Å². The summed E-state index contributed by atoms with van der Waals surface area (Å²) in [4.78, 5) is 28.8. The zero-order valence-electron chi connectivity index (χ0n) is 15.1. The van der Waals surface area contributed by atoms with Crippen molar-refractivity contribution in [3.63, 3.8) is 0 Å². The lowest BCUT2D eigenvalue weighted by atomic mass is 10.0. The molecular weight excluding hydrogens is 352 g/mol. The van der Waals surface area contributed by atoms with E-state index in [1.165, 1.54) is 10.9 Å². The second kappa shape index (κ2) is 7.88. The maximum atomic E-state index is 12.4. The monoisotopic (exact) mass is 370 g/mol. The van der Waals surface area contributed by atoms with Crippen molar-refractivity contribution in [2.24, 2.45) is 0 Å². The molecule has 0 aliphatic rings. The summed E-state index contributed by atoms with van der Waals surface area (Å²) in [6.45, 7) is -0.0115. The second-order valence-corrected chi connectivity index (χ2v) is 6.42. The van der Waals surface area contributed by atoms with Crippen LogP contribution in [0.25, 0.3) is 22.0 Å². The van der Waals surface area contributed by atoms with E-state index < -0.39 is 5.97 Å². The summed E-state index contributed by atoms with van der Waals surface area (Å²) in [7, 11) is 0. The van der Waals surface area contributed by atoms with Crippen molar-refractivity contribution in [3.05, 3.63) is 101 Å². The molecule has 5 nitrogen and oxygen atoms in total. The van der Waals surface area contributed by atoms with E-state index in [0.717, 1.165) is 16.7 Å². The molecule has 1 aromatic heterocycles. The minimum Gasteiger partial charge on any atom is -0.459 e. The lowest BCUT2D eigenvalue weighted by molar-refractivity contribution is -0.145. The maximum Gasteiger partial charge on any atom is 0.326 e. The van der Waals surface area contributed by atoms with Crippen molar-refractivity contribution < 1.29 is 9.53 Å². The first-order chi connectivity index (χ1) is 13.7. The topological polar surface area (TPSA) is 61.2 Å². The Morgan fingerprint density at radius 2 is 1.54 bits per heavy atom. The fourth-order valence-electron chi connectivity index (χ4n) is 2.99. The Bertz CT molecular complexity index is 1170. The largest absolute Gasteiger partial charge is 0.459 e. The summed E-state index contributed by atoms with van der Waals surface area (Å²) in [6, 6.07) is 25.0. The molecule has 0 N–H and O–H groups in total. The molecule has 28 heavy (non-hydrogen) atoms. The molecule has 5 heteroatoms. The number of aromatic nitrogens is 2. The van der Waals surface area contributed by atoms with Crippen molar-refractivity contribution >= 4 is 16.9 Å². The van der Waals surface area contributed by atoms with Gasteiger partial charge >= 0.3 is 5.97 Å². The molecule has 1 heterocycles. The molecule has 0 saturated carbocycles. The molecule has 3 aromatic carbocycles. The highest BCUT2D eigenvalue weighted by Crippen LogP contribution is 2.19. The van der Waals surface area contributed by atoms with Gasteiger partial charge in [-0.3, -0.25) is 14.2 Å². The van der Waals surface area contributed by atoms with E-state index in [1.54, 1.807) is 18.2 Å². The number of para-hydroxylation sites is 1. The van der Waals surface area contributed by atoms with Gasteiger partial charge in [-0.15, -0.1) is 0 Å². The number of benzene rings is 3. The third-order valence-corrected chi connectivity index (χ3v) is 4.49. The summed E-state index contributed by atoms with van der Waals surface area (Å²) in [6.07, 6.45) is 1.38. The number of ether oxygens (including phenoxy) is 1. The number of hydrogen-bond donors (Lipinski definition) is 0. The highest BCUT2D eigenvalue weighted by atomic mass is 16.5. The fourth-order valence-corrected chi connectivity index (χ4v) is 2.99. The molecule has 0 atom stereocenters. The number of rotatable bonds is 5. The first-order valence-electron chi connectivity index (χ1n) is 8.95. The third kappa shape index (κ3) is 3.83. The molecule has 0 unspecified atom stereocenters. The van der Waals surface area contributed by atoms with Crippen LogP contribution in [0.4, 0.5) is 0 Å². The van der Waals surface area contributed by atoms with Crippen molar-refractivity contribution in [2.75, 3.05) is 0 Å². The molecule has 0 radical (unpaired) electrons. The van der Waals surface area contributed by atoms with Gasteiger partial charge in [0, 0.05) is 0 Å². The predicted molar refractivity (Wildman–Crippen MR) is 108 cm³/mol. The zero-order chi connectivity index (χ0) is 19.3. The Labute approximate surface area is 161 Å². The van der Waals surface area contributed by atoms with Crippen LogP contribution in [-0.2, 0) is 22.7 Å². The number of carbonyl (C=O) groups is 1. The molecule has 0 saturated heterocycles. The van der Waals surface area contributed by atoms with E-state index >= 15 is 0 Å². The maximum absolute atomic E-state index is 12.4. The van der Waals surface area contributed by atoms with Crippen LogP contribution in [0.1, 0.15) is 5.56 Å². The van der Waals surface area contributed by atoms with E-state index in [9.17, 15) is 9.59 Å². The van der Waals surface area contributed by atoms with Gasteiger partial charge < -0.3 is 4.74 Å². The van der Waals surface area contributed by atoms with Gasteiger partial charge in [0.25, 0.3) is 5.56 Å². The number of hydrogen-bond acceptors (Lipinski definition) is 4. The van der Waals surface area contributed by atoms with Crippen LogP contribution in [0.2, 0.25) is 0 Å². The van der Waals surface area contributed by atoms with E-state index in [0.29, 0.717) is 10.9 Å². The highest BCUT2D eigenvalue weighted by molar-refractivity contribution is 5.77. The van der Waals surface area contributed by atoms with Crippen molar-refractivity contribution in [1.29, 1.82) is 0 Å². The van der Waals surface area contributed by atoms with Gasteiger partial charge in [0.1, 0.15) is 13.2 Å². The standard InChI is InChI=1S/C23H18N2O3/c26-22(14-25-16-24-21-9-5-4-8-20(21)23(25)27)28-15-17-10-12-19(13-11-17)18-6-2-1-3-7-18/h1-13,16H,14-15H2. The molecule has 4 aromatic rings. The van der Waals surface area contributed by atoms with Gasteiger partial charge in [0.2, 0.25) is 0 Å². The molecule has 0 spiro atoms. The smallest absolute Gasteiger partial charge is 0.326 e. The van der Waals surface area contributed by atoms with Crippen LogP contribution in [0, 0.1) is 0 Å². The van der Waals surface area contributed by atoms with Crippen molar-refractivity contribution in [3.8, 4) is 11.1 Å². The van der Waals surface area contributed by atoms with Gasteiger partial charge in [-0.25, -0.2) is 4.98 Å². The number of esters is 1. The molecule has 0 bridgehead atoms. The van der Waals surface area contributed by atoms with Crippen LogP contribution in [0.15, 0.2) is 90.0 Å². The summed E-state index contributed by atoms with van der Waals surface area (Å²) < 4.78 is 6.59. The van der Waals surface area contributed by atoms with E-state index in [1.807, 2.05) is 60.7 Å². The third-order valence-electron chi connectivity index (χ3n) is 4.49. The van der Waals surface area contributed by atoms with Crippen LogP contribution < -0.4 is 5.56 Å². The van der Waals surface area contributed by atoms with Crippen molar-refractivity contribution in [2.45, 2.75) is 13.2 Å². The quantitative estimate of drug-likeness (QED) is 0.501. The highest BCUT2D eigenvalue weighted by Gasteiger charge is 2.09. The van der Waals surface area contributed by atoms with Gasteiger partial charge in [-0.1, -0.05) is 66.7 Å². The average molecular weight is 370 g/mol. The lowest BCUT2D eigenvalue weighted by Crippen LogP contribution is -2.25. The molecule has 138 valence electrons. The van der Waals surface area contributed by atoms with E-state index in [-0.39, 0.29) is 18.7 Å². The number of nitrogens with zero attached hydrogens (tertiary/aromatic N) is 2. The fraction of sp³-hybridized carbons (Fsp3) is 0.0870. The molecule has 4 rings (SSSR count). The van der Waals surface area contributed by atoms with E-state index in [2.05, 4.69) is 4.98 Å². The molecule has 0 amide bonds. The van der Waals surface area contributed by atoms with Crippen LogP contribution in [0.5, 0.6) is 0 Å². The first kappa shape index (κ1) is 17.7. The van der Waals surface area contributed by atoms with Gasteiger partial charge in [0.05, 0.1) is 17.2 Å². The lowest BCUT2D eigenvalue weighted by Gasteiger charge is -2.08. The Balaban J connectivity index is 1.40. The minimum absolute atomic E-state index is 0.156. The molecule has 0 aliphatic carbocycles. The Morgan fingerprint density at radius 1 is 0.857 bits per heavy atom. The minimum atomic E-state index is -0.480. The number of carbonyl (C=O) groups excluding carboxylic acids is 1. The van der Waals surface area contributed by atoms with Crippen LogP contribution >= 0.6 is 0 Å². The number of fused-ring (bicyclic) bond motifs is 1. The Morgan fingerprint density at radius 3 is 2.32 bits per heavy atom. The van der Waals surface area contributed by atoms with E-state index in [4.69, 9.17) is 4.74 Å². The van der Waals surface area contributed by atoms with Crippen LogP contribution in [-0.4, -0.2) is 15.5 Å². The summed E-state index contributed by atoms with van der Waals surface area (Å²) in [5.41, 5.74) is 3.47. The summed E-state index contributed by atoms with van der Waals surface area (Å²) >= 11 is 0. The van der Waals surface area contributed by atoms with Crippen LogP contribution in [0.3, 0.4) is 0 Å². The molecule has 0 aliphatic heterocycles. The zero-order valence-corrected chi connectivity index (χ0v) is 15.1. The molecule has 0 fully saturated rings. The second-order valence-electron chi connectivity index (χ2n) is 6.42. The Kier molecular flexibility index (Phi) is 4.97. The Hall–Kier alpha value is -3.73. The van der Waals surface area contributed by atoms with Crippen molar-refractivity contribution in [1.82, 2.24) is 9.55 Å². The van der Waals surface area contributed by atoms with Gasteiger partial charge in [0.15, 0.2) is 0 Å². The average Bonchev–Trinajstić information content (AvgIpc) is 2.75. The first-order valence-corrected chi connectivity index (χ1v) is 8.95. The molecular formula is C23H18N2O3. The summed E-state index contributed by atoms with van der Waals surface area (Å²) in [5, 5.41) is 0.481.